The first-order chi connectivity index (χ1) is 11.3. The zero-order chi connectivity index (χ0) is 17.9. The zero-order valence-corrected chi connectivity index (χ0v) is 16.7. The van der Waals surface area contributed by atoms with Crippen molar-refractivity contribution in [3.63, 3.8) is 0 Å². The van der Waals surface area contributed by atoms with E-state index >= 15 is 0 Å². The first-order valence-corrected chi connectivity index (χ1v) is 9.71. The highest BCUT2D eigenvalue weighted by Gasteiger charge is 2.17. The molecule has 1 atom stereocenters. The van der Waals surface area contributed by atoms with E-state index in [9.17, 15) is 5.11 Å². The molecule has 1 N–H and O–H groups in total. The normalized spacial score (nSPS) is 12.2. The zero-order valence-electron chi connectivity index (χ0n) is 15.7. The summed E-state index contributed by atoms with van der Waals surface area (Å²) in [6, 6.07) is 13.6. The lowest BCUT2D eigenvalue weighted by molar-refractivity contribution is 0.166. The topological polar surface area (TPSA) is 23.5 Å². The predicted molar refractivity (Wildman–Crippen MR) is 107 cm³/mol. The Balaban J connectivity index is 2.38. The standard InChI is InChI=1S/C21H30NOP/c1-14(2)22(15(3)4)13-18-11-7-10-17(6)21(18)24-19-12-8-9-16(5)20(19)23/h7-12,14-15,23-24H,13H2,1-6H3. The summed E-state index contributed by atoms with van der Waals surface area (Å²) in [5.74, 6) is 0.439. The van der Waals surface area contributed by atoms with Crippen LogP contribution < -0.4 is 10.6 Å². The Bertz CT molecular complexity index is 686. The first kappa shape index (κ1) is 19.0. The molecule has 0 spiro atoms. The molecule has 0 heterocycles. The van der Waals surface area contributed by atoms with E-state index < -0.39 is 0 Å². The molecular weight excluding hydrogens is 313 g/mol. The Morgan fingerprint density at radius 3 is 2.12 bits per heavy atom. The molecule has 0 saturated heterocycles. The van der Waals surface area contributed by atoms with Crippen LogP contribution in [0.2, 0.25) is 0 Å². The summed E-state index contributed by atoms with van der Waals surface area (Å²) in [4.78, 5) is 2.51. The molecule has 24 heavy (non-hydrogen) atoms. The van der Waals surface area contributed by atoms with Gasteiger partial charge in [-0.2, -0.15) is 0 Å². The van der Waals surface area contributed by atoms with Crippen LogP contribution in [0.3, 0.4) is 0 Å². The monoisotopic (exact) mass is 343 g/mol. The summed E-state index contributed by atoms with van der Waals surface area (Å²) >= 11 is 0. The molecule has 3 heteroatoms. The fraction of sp³-hybridized carbons (Fsp3) is 0.429. The number of nitrogens with zero attached hydrogens (tertiary/aromatic N) is 1. The van der Waals surface area contributed by atoms with Crippen LogP contribution in [0.15, 0.2) is 36.4 Å². The molecule has 2 rings (SSSR count). The Kier molecular flexibility index (Phi) is 6.43. The van der Waals surface area contributed by atoms with E-state index in [1.54, 1.807) is 0 Å². The molecule has 0 aliphatic rings. The fourth-order valence-corrected chi connectivity index (χ4v) is 4.46. The van der Waals surface area contributed by atoms with Gasteiger partial charge in [0, 0.05) is 23.9 Å². The van der Waals surface area contributed by atoms with Crippen molar-refractivity contribution < 1.29 is 5.11 Å². The smallest absolute Gasteiger partial charge is 0.126 e. The van der Waals surface area contributed by atoms with Crippen molar-refractivity contribution >= 4 is 19.2 Å². The van der Waals surface area contributed by atoms with Crippen LogP contribution in [-0.4, -0.2) is 22.1 Å². The van der Waals surface area contributed by atoms with Crippen molar-refractivity contribution in [2.75, 3.05) is 0 Å². The lowest BCUT2D eigenvalue weighted by Crippen LogP contribution is -2.37. The molecule has 0 aromatic heterocycles. The molecule has 2 aromatic carbocycles. The molecule has 0 aliphatic carbocycles. The van der Waals surface area contributed by atoms with Gasteiger partial charge in [-0.15, -0.1) is 0 Å². The second kappa shape index (κ2) is 8.14. The van der Waals surface area contributed by atoms with Gasteiger partial charge in [0.25, 0.3) is 0 Å². The minimum atomic E-state index is 0.439. The molecule has 0 saturated carbocycles. The van der Waals surface area contributed by atoms with E-state index in [2.05, 4.69) is 57.7 Å². The van der Waals surface area contributed by atoms with Gasteiger partial charge in [0.1, 0.15) is 5.75 Å². The van der Waals surface area contributed by atoms with E-state index in [1.165, 1.54) is 16.4 Å². The van der Waals surface area contributed by atoms with Crippen LogP contribution in [-0.2, 0) is 6.54 Å². The lowest BCUT2D eigenvalue weighted by atomic mass is 10.1. The van der Waals surface area contributed by atoms with Crippen molar-refractivity contribution in [2.24, 2.45) is 0 Å². The number of hydrogen-bond donors (Lipinski definition) is 1. The Morgan fingerprint density at radius 2 is 1.50 bits per heavy atom. The molecular formula is C21H30NOP. The van der Waals surface area contributed by atoms with E-state index in [1.807, 2.05) is 25.1 Å². The number of hydrogen-bond acceptors (Lipinski definition) is 2. The second-order valence-electron chi connectivity index (χ2n) is 7.06. The average molecular weight is 343 g/mol. The van der Waals surface area contributed by atoms with Crippen LogP contribution >= 0.6 is 8.58 Å². The maximum Gasteiger partial charge on any atom is 0.126 e. The van der Waals surface area contributed by atoms with Gasteiger partial charge in [-0.3, -0.25) is 4.90 Å². The van der Waals surface area contributed by atoms with E-state index in [-0.39, 0.29) is 0 Å². The van der Waals surface area contributed by atoms with Gasteiger partial charge in [0.15, 0.2) is 0 Å². The molecule has 130 valence electrons. The molecule has 0 bridgehead atoms. The Hall–Kier alpha value is -1.37. The minimum absolute atomic E-state index is 0.439. The SMILES string of the molecule is Cc1cccc(Pc2c(C)cccc2CN(C(C)C)C(C)C)c1O. The summed E-state index contributed by atoms with van der Waals surface area (Å²) < 4.78 is 0. The van der Waals surface area contributed by atoms with Gasteiger partial charge in [-0.05, 0) is 63.5 Å². The van der Waals surface area contributed by atoms with E-state index in [4.69, 9.17) is 0 Å². The van der Waals surface area contributed by atoms with Crippen LogP contribution in [0, 0.1) is 13.8 Å². The van der Waals surface area contributed by atoms with Crippen LogP contribution in [0.4, 0.5) is 0 Å². The van der Waals surface area contributed by atoms with Gasteiger partial charge in [0.2, 0.25) is 0 Å². The fourth-order valence-electron chi connectivity index (χ4n) is 3.09. The number of para-hydroxylation sites is 1. The third kappa shape index (κ3) is 4.37. The Labute approximate surface area is 148 Å². The maximum absolute atomic E-state index is 10.4. The molecule has 1 unspecified atom stereocenters. The molecule has 2 aromatic rings. The summed E-state index contributed by atoms with van der Waals surface area (Å²) in [6.07, 6.45) is 0. The third-order valence-electron chi connectivity index (χ3n) is 4.54. The second-order valence-corrected chi connectivity index (χ2v) is 8.35. The van der Waals surface area contributed by atoms with Crippen LogP contribution in [0.25, 0.3) is 0 Å². The quantitative estimate of drug-likeness (QED) is 0.792. The van der Waals surface area contributed by atoms with Crippen molar-refractivity contribution in [2.45, 2.75) is 60.2 Å². The van der Waals surface area contributed by atoms with Crippen LogP contribution in [0.1, 0.15) is 44.4 Å². The molecule has 2 nitrogen and oxygen atoms in total. The summed E-state index contributed by atoms with van der Waals surface area (Å²) in [5.41, 5.74) is 3.62. The highest BCUT2D eigenvalue weighted by Crippen LogP contribution is 2.25. The minimum Gasteiger partial charge on any atom is -0.507 e. The number of phenolic OH excluding ortho intramolecular Hbond substituents is 1. The van der Waals surface area contributed by atoms with Gasteiger partial charge in [0.05, 0.1) is 0 Å². The number of phenols is 1. The summed E-state index contributed by atoms with van der Waals surface area (Å²) in [7, 11) is 0.480. The average Bonchev–Trinajstić information content (AvgIpc) is 2.51. The first-order valence-electron chi connectivity index (χ1n) is 8.71. The number of aromatic hydroxyl groups is 1. The third-order valence-corrected chi connectivity index (χ3v) is 6.17. The van der Waals surface area contributed by atoms with E-state index in [0.717, 1.165) is 17.4 Å². The molecule has 0 amide bonds. The van der Waals surface area contributed by atoms with Crippen molar-refractivity contribution in [1.82, 2.24) is 4.90 Å². The van der Waals surface area contributed by atoms with Crippen molar-refractivity contribution in [3.8, 4) is 5.75 Å². The van der Waals surface area contributed by atoms with Gasteiger partial charge in [-0.25, -0.2) is 0 Å². The predicted octanol–water partition coefficient (Wildman–Crippen LogP) is 4.26. The van der Waals surface area contributed by atoms with Gasteiger partial charge < -0.3 is 5.11 Å². The summed E-state index contributed by atoms with van der Waals surface area (Å²) in [5, 5.41) is 12.8. The highest BCUT2D eigenvalue weighted by molar-refractivity contribution is 7.56. The summed E-state index contributed by atoms with van der Waals surface area (Å²) in [6.45, 7) is 14.1. The number of rotatable bonds is 6. The molecule has 0 aliphatic heterocycles. The van der Waals surface area contributed by atoms with Crippen LogP contribution in [0.5, 0.6) is 5.75 Å². The van der Waals surface area contributed by atoms with Gasteiger partial charge >= 0.3 is 0 Å². The number of benzene rings is 2. The Morgan fingerprint density at radius 1 is 0.917 bits per heavy atom. The number of aryl methyl sites for hydroxylation is 2. The lowest BCUT2D eigenvalue weighted by Gasteiger charge is -2.31. The molecule has 0 radical (unpaired) electrons. The maximum atomic E-state index is 10.4. The van der Waals surface area contributed by atoms with E-state index in [0.29, 0.717) is 26.4 Å². The van der Waals surface area contributed by atoms with Gasteiger partial charge in [-0.1, -0.05) is 45.0 Å². The van der Waals surface area contributed by atoms with Crippen molar-refractivity contribution in [3.05, 3.63) is 53.1 Å². The highest BCUT2D eigenvalue weighted by atomic mass is 31.1. The van der Waals surface area contributed by atoms with Crippen molar-refractivity contribution in [1.29, 1.82) is 0 Å². The molecule has 0 fully saturated rings. The largest absolute Gasteiger partial charge is 0.507 e.